The normalized spacial score (nSPS) is 10.1. The van der Waals surface area contributed by atoms with E-state index < -0.39 is 11.7 Å². The van der Waals surface area contributed by atoms with Gasteiger partial charge in [0, 0.05) is 17.8 Å². The van der Waals surface area contributed by atoms with Gasteiger partial charge < -0.3 is 10.6 Å². The van der Waals surface area contributed by atoms with E-state index in [4.69, 9.17) is 12.2 Å². The number of hydrogen-bond donors (Lipinski definition) is 3. The van der Waals surface area contributed by atoms with Gasteiger partial charge in [-0.05, 0) is 49.0 Å². The van der Waals surface area contributed by atoms with E-state index in [1.165, 1.54) is 18.2 Å². The number of halogens is 1. The molecule has 0 aromatic heterocycles. The molecule has 0 unspecified atom stereocenters. The fourth-order valence-corrected chi connectivity index (χ4v) is 2.42. The lowest BCUT2D eigenvalue weighted by Crippen LogP contribution is -2.34. The highest BCUT2D eigenvalue weighted by atomic mass is 32.1. The van der Waals surface area contributed by atoms with E-state index >= 15 is 0 Å². The fraction of sp³-hybridized carbons (Fsp3) is 0.211. The molecule has 0 bridgehead atoms. The Morgan fingerprint density at radius 3 is 2.42 bits per heavy atom. The Morgan fingerprint density at radius 2 is 1.73 bits per heavy atom. The Morgan fingerprint density at radius 1 is 1.04 bits per heavy atom. The number of benzene rings is 2. The summed E-state index contributed by atoms with van der Waals surface area (Å²) in [7, 11) is 0. The van der Waals surface area contributed by atoms with Crippen LogP contribution in [0.3, 0.4) is 0 Å². The molecule has 136 valence electrons. The topological polar surface area (TPSA) is 70.2 Å². The fourth-order valence-electron chi connectivity index (χ4n) is 2.21. The van der Waals surface area contributed by atoms with Crippen LogP contribution in [0.2, 0.25) is 0 Å². The van der Waals surface area contributed by atoms with Crippen LogP contribution in [-0.4, -0.2) is 16.9 Å². The highest BCUT2D eigenvalue weighted by Gasteiger charge is 2.12. The summed E-state index contributed by atoms with van der Waals surface area (Å²) in [4.78, 5) is 23.8. The summed E-state index contributed by atoms with van der Waals surface area (Å²) >= 11 is 5.09. The Bertz CT molecular complexity index is 811. The lowest BCUT2D eigenvalue weighted by atomic mass is 10.2. The van der Waals surface area contributed by atoms with Crippen LogP contribution in [-0.2, 0) is 4.79 Å². The third-order valence-electron chi connectivity index (χ3n) is 3.51. The first-order valence-corrected chi connectivity index (χ1v) is 8.67. The number of nitrogens with one attached hydrogen (secondary N) is 3. The average Bonchev–Trinajstić information content (AvgIpc) is 2.60. The number of rotatable bonds is 6. The van der Waals surface area contributed by atoms with E-state index in [9.17, 15) is 14.0 Å². The molecule has 26 heavy (non-hydrogen) atoms. The van der Waals surface area contributed by atoms with Crippen LogP contribution in [0.1, 0.15) is 36.5 Å². The minimum Gasteiger partial charge on any atom is -0.332 e. The van der Waals surface area contributed by atoms with E-state index in [1.807, 2.05) is 6.92 Å². The molecule has 2 aromatic carbocycles. The molecule has 0 aliphatic heterocycles. The highest BCUT2D eigenvalue weighted by Crippen LogP contribution is 2.16. The molecular weight excluding hydrogens is 353 g/mol. The lowest BCUT2D eigenvalue weighted by Gasteiger charge is -2.11. The SMILES string of the molecule is CCCCC(=O)Nc1cccc(NC(=S)NC(=O)c2ccccc2F)c1. The minimum atomic E-state index is -0.635. The number of unbranched alkanes of at least 4 members (excludes halogenated alkanes) is 1. The van der Waals surface area contributed by atoms with Crippen molar-refractivity contribution >= 4 is 40.5 Å². The first-order chi connectivity index (χ1) is 12.5. The Hall–Kier alpha value is -2.80. The van der Waals surface area contributed by atoms with Gasteiger partial charge in [0.15, 0.2) is 5.11 Å². The maximum absolute atomic E-state index is 13.6. The van der Waals surface area contributed by atoms with Crippen molar-refractivity contribution in [3.63, 3.8) is 0 Å². The maximum atomic E-state index is 13.6. The number of carbonyl (C=O) groups excluding carboxylic acids is 2. The van der Waals surface area contributed by atoms with Gasteiger partial charge in [0.25, 0.3) is 5.91 Å². The van der Waals surface area contributed by atoms with Gasteiger partial charge >= 0.3 is 0 Å². The molecular formula is C19H20FN3O2S. The number of thiocarbonyl (C=S) groups is 1. The summed E-state index contributed by atoms with van der Waals surface area (Å²) < 4.78 is 13.6. The zero-order chi connectivity index (χ0) is 18.9. The quantitative estimate of drug-likeness (QED) is 0.667. The van der Waals surface area contributed by atoms with Gasteiger partial charge in [-0.3, -0.25) is 14.9 Å². The maximum Gasteiger partial charge on any atom is 0.260 e. The molecule has 7 heteroatoms. The molecule has 0 aliphatic carbocycles. The van der Waals surface area contributed by atoms with Crippen molar-refractivity contribution in [1.82, 2.24) is 5.32 Å². The Kier molecular flexibility index (Phi) is 7.23. The summed E-state index contributed by atoms with van der Waals surface area (Å²) in [5, 5.41) is 8.11. The van der Waals surface area contributed by atoms with E-state index in [0.29, 0.717) is 17.8 Å². The van der Waals surface area contributed by atoms with Crippen molar-refractivity contribution < 1.29 is 14.0 Å². The molecule has 2 rings (SSSR count). The van der Waals surface area contributed by atoms with Crippen LogP contribution in [0.15, 0.2) is 48.5 Å². The molecule has 0 radical (unpaired) electrons. The molecule has 0 saturated heterocycles. The summed E-state index contributed by atoms with van der Waals surface area (Å²) in [6.07, 6.45) is 2.24. The minimum absolute atomic E-state index is 0.0349. The van der Waals surface area contributed by atoms with Crippen molar-refractivity contribution in [1.29, 1.82) is 0 Å². The second-order valence-corrected chi connectivity index (χ2v) is 6.03. The summed E-state index contributed by atoms with van der Waals surface area (Å²) in [6, 6.07) is 12.6. The zero-order valence-electron chi connectivity index (χ0n) is 14.3. The van der Waals surface area contributed by atoms with Crippen molar-refractivity contribution in [3.05, 3.63) is 59.9 Å². The van der Waals surface area contributed by atoms with Crippen LogP contribution in [0, 0.1) is 5.82 Å². The largest absolute Gasteiger partial charge is 0.332 e. The standard InChI is InChI=1S/C19H20FN3O2S/c1-2-3-11-17(24)21-13-7-6-8-14(12-13)22-19(26)23-18(25)15-9-4-5-10-16(15)20/h4-10,12H,2-3,11H2,1H3,(H,21,24)(H2,22,23,25,26). The van der Waals surface area contributed by atoms with E-state index in [1.54, 1.807) is 30.3 Å². The van der Waals surface area contributed by atoms with Gasteiger partial charge in [-0.2, -0.15) is 0 Å². The molecule has 5 nitrogen and oxygen atoms in total. The smallest absolute Gasteiger partial charge is 0.260 e. The number of carbonyl (C=O) groups is 2. The molecule has 2 aromatic rings. The van der Waals surface area contributed by atoms with E-state index in [2.05, 4.69) is 16.0 Å². The molecule has 0 spiro atoms. The predicted octanol–water partition coefficient (Wildman–Crippen LogP) is 4.08. The number of hydrogen-bond acceptors (Lipinski definition) is 3. The van der Waals surface area contributed by atoms with Gasteiger partial charge in [-0.15, -0.1) is 0 Å². The molecule has 0 atom stereocenters. The first kappa shape index (κ1) is 19.5. The van der Waals surface area contributed by atoms with Gasteiger partial charge in [-0.1, -0.05) is 31.5 Å². The number of anilines is 2. The van der Waals surface area contributed by atoms with Crippen LogP contribution >= 0.6 is 12.2 Å². The third kappa shape index (κ3) is 5.93. The zero-order valence-corrected chi connectivity index (χ0v) is 15.2. The molecule has 0 aliphatic rings. The summed E-state index contributed by atoms with van der Waals surface area (Å²) in [5.74, 6) is -1.31. The van der Waals surface area contributed by atoms with Crippen molar-refractivity contribution in [2.75, 3.05) is 10.6 Å². The van der Waals surface area contributed by atoms with Gasteiger partial charge in [0.05, 0.1) is 5.56 Å². The summed E-state index contributed by atoms with van der Waals surface area (Å²) in [5.41, 5.74) is 1.13. The Balaban J connectivity index is 1.94. The van der Waals surface area contributed by atoms with E-state index in [-0.39, 0.29) is 16.6 Å². The van der Waals surface area contributed by atoms with Gasteiger partial charge in [-0.25, -0.2) is 4.39 Å². The van der Waals surface area contributed by atoms with Crippen LogP contribution in [0.4, 0.5) is 15.8 Å². The molecule has 0 fully saturated rings. The molecule has 0 saturated carbocycles. The van der Waals surface area contributed by atoms with Crippen molar-refractivity contribution in [2.24, 2.45) is 0 Å². The van der Waals surface area contributed by atoms with Crippen LogP contribution in [0.25, 0.3) is 0 Å². The molecule has 3 N–H and O–H groups in total. The second-order valence-electron chi connectivity index (χ2n) is 5.62. The third-order valence-corrected chi connectivity index (χ3v) is 3.71. The Labute approximate surface area is 157 Å². The van der Waals surface area contributed by atoms with Crippen molar-refractivity contribution in [2.45, 2.75) is 26.2 Å². The molecule has 0 heterocycles. The second kappa shape index (κ2) is 9.62. The van der Waals surface area contributed by atoms with E-state index in [0.717, 1.165) is 12.8 Å². The van der Waals surface area contributed by atoms with Gasteiger partial charge in [0.2, 0.25) is 5.91 Å². The average molecular weight is 373 g/mol. The molecule has 2 amide bonds. The monoisotopic (exact) mass is 373 g/mol. The van der Waals surface area contributed by atoms with Crippen molar-refractivity contribution in [3.8, 4) is 0 Å². The summed E-state index contributed by atoms with van der Waals surface area (Å²) in [6.45, 7) is 2.02. The first-order valence-electron chi connectivity index (χ1n) is 8.26. The number of amides is 2. The lowest BCUT2D eigenvalue weighted by molar-refractivity contribution is -0.116. The predicted molar refractivity (Wildman–Crippen MR) is 105 cm³/mol. The van der Waals surface area contributed by atoms with Crippen LogP contribution in [0.5, 0.6) is 0 Å². The highest BCUT2D eigenvalue weighted by molar-refractivity contribution is 7.80. The van der Waals surface area contributed by atoms with Gasteiger partial charge in [0.1, 0.15) is 5.82 Å². The van der Waals surface area contributed by atoms with Crippen LogP contribution < -0.4 is 16.0 Å².